The fourth-order valence-electron chi connectivity index (χ4n) is 15.0. The summed E-state index contributed by atoms with van der Waals surface area (Å²) in [6, 6.07) is 49.4. The number of hydrogen-bond acceptors (Lipinski definition) is 13. The van der Waals surface area contributed by atoms with E-state index in [9.17, 15) is 19.2 Å². The third-order valence-corrected chi connectivity index (χ3v) is 21.6. The standard InChI is InChI=1S/C25H44N2O2.2C23H28ClNO2.C23H29NO2/c1-4-7-9-11-13-15-19-27(20-16-14-12-10-8-5-2)24-18-17-22(21-23(24)26)25(28)29-6-3;1-2-27-23(26)20-12-11-19(13-17-7-4-3-5-8-17)22(15-20)25-16-18-9-6-10-21(24)14-18;1-2-27-23(26)20-11-10-19(14-17-6-4-3-5-7-17)22(15-20)25-16-18-8-12-21(24)13-9-18;1-2-26-23(25)21-14-13-20(15-18-9-5-3-6-10-18)22(16-21)24-17-19-11-7-4-8-12-19/h17-18,21H,4-16,19-20,26H2,1-3H3;6,9-12,14-15,17,25H,2-5,7-8,13,16H2,1H3;8-13,15,17,25H,2-7,14,16H2,1H3;4,7-8,11-14,16,18,24H,2-3,5-6,9-10,15,17H2,1H3. The number of unbranched alkanes of at least 4 members (excludes halogenated alkanes) is 10. The highest BCUT2D eigenvalue weighted by Crippen LogP contribution is 2.35. The third kappa shape index (κ3) is 32.8. The van der Waals surface area contributed by atoms with Crippen LogP contribution in [0.25, 0.3) is 0 Å². The van der Waals surface area contributed by atoms with Crippen molar-refractivity contribution in [3.05, 3.63) is 217 Å². The maximum absolute atomic E-state index is 12.1. The normalized spacial score (nSPS) is 13.7. The lowest BCUT2D eigenvalue weighted by Crippen LogP contribution is -2.26. The number of anilines is 5. The van der Waals surface area contributed by atoms with Gasteiger partial charge in [0.2, 0.25) is 0 Å². The molecule has 0 aromatic heterocycles. The van der Waals surface area contributed by atoms with E-state index in [1.807, 2.05) is 125 Å². The van der Waals surface area contributed by atoms with Gasteiger partial charge in [-0.15, -0.1) is 0 Å². The second-order valence-electron chi connectivity index (χ2n) is 29.7. The Bertz CT molecular complexity index is 3740. The number of benzene rings is 7. The Balaban J connectivity index is 0.000000202. The quantitative estimate of drug-likeness (QED) is 0.0125. The minimum atomic E-state index is -0.302. The molecule has 0 unspecified atom stereocenters. The van der Waals surface area contributed by atoms with Gasteiger partial charge in [-0.05, 0) is 190 Å². The summed E-state index contributed by atoms with van der Waals surface area (Å²) >= 11 is 12.1. The number of nitrogens with one attached hydrogen (secondary N) is 3. The molecule has 7 aromatic carbocycles. The molecule has 592 valence electrons. The van der Waals surface area contributed by atoms with Crippen molar-refractivity contribution in [3.8, 4) is 0 Å². The van der Waals surface area contributed by atoms with Crippen LogP contribution in [-0.2, 0) is 57.8 Å². The number of hydrogen-bond donors (Lipinski definition) is 4. The molecule has 3 aliphatic rings. The zero-order valence-electron chi connectivity index (χ0n) is 66.8. The predicted octanol–water partition coefficient (Wildman–Crippen LogP) is 25.1. The van der Waals surface area contributed by atoms with Crippen LogP contribution in [0, 0.1) is 17.8 Å². The number of carbonyl (C=O) groups is 4. The van der Waals surface area contributed by atoms with Gasteiger partial charge in [0.25, 0.3) is 0 Å². The molecule has 5 N–H and O–H groups in total. The second kappa shape index (κ2) is 51.5. The minimum absolute atomic E-state index is 0.250. The number of esters is 4. The minimum Gasteiger partial charge on any atom is -0.462 e. The van der Waals surface area contributed by atoms with Crippen molar-refractivity contribution in [2.24, 2.45) is 17.8 Å². The van der Waals surface area contributed by atoms with Gasteiger partial charge in [0.05, 0.1) is 60.1 Å². The van der Waals surface area contributed by atoms with Crippen molar-refractivity contribution in [2.75, 3.05) is 66.1 Å². The number of nitrogens with zero attached hydrogens (tertiary/aromatic N) is 1. The molecule has 0 saturated heterocycles. The van der Waals surface area contributed by atoms with E-state index in [0.717, 1.165) is 101 Å². The summed E-state index contributed by atoms with van der Waals surface area (Å²) in [6.07, 6.45) is 38.6. The van der Waals surface area contributed by atoms with Gasteiger partial charge in [0, 0.05) is 59.8 Å². The fourth-order valence-corrected chi connectivity index (χ4v) is 15.4. The second-order valence-corrected chi connectivity index (χ2v) is 30.6. The van der Waals surface area contributed by atoms with Crippen LogP contribution in [0.3, 0.4) is 0 Å². The molecule has 0 radical (unpaired) electrons. The van der Waals surface area contributed by atoms with Crippen molar-refractivity contribution in [3.63, 3.8) is 0 Å². The highest BCUT2D eigenvalue weighted by molar-refractivity contribution is 6.30. The first-order valence-corrected chi connectivity index (χ1v) is 42.4. The van der Waals surface area contributed by atoms with Crippen molar-refractivity contribution in [1.29, 1.82) is 0 Å². The van der Waals surface area contributed by atoms with Crippen LogP contribution in [0.2, 0.25) is 10.0 Å². The number of nitrogen functional groups attached to an aromatic ring is 1. The molecule has 0 spiro atoms. The maximum Gasteiger partial charge on any atom is 0.338 e. The van der Waals surface area contributed by atoms with Gasteiger partial charge >= 0.3 is 23.9 Å². The third-order valence-electron chi connectivity index (χ3n) is 21.1. The summed E-state index contributed by atoms with van der Waals surface area (Å²) in [5.41, 5.74) is 20.9. The Morgan fingerprint density at radius 2 is 0.716 bits per heavy atom. The van der Waals surface area contributed by atoms with Gasteiger partial charge in [-0.25, -0.2) is 19.2 Å². The topological polar surface area (TPSA) is 171 Å². The first-order chi connectivity index (χ1) is 53.2. The molecular weight excluding hydrogens is 1400 g/mol. The smallest absolute Gasteiger partial charge is 0.338 e. The number of nitrogens with two attached hydrogens (primary N) is 1. The molecule has 13 nitrogen and oxygen atoms in total. The number of halogens is 2. The molecule has 0 bridgehead atoms. The summed E-state index contributed by atoms with van der Waals surface area (Å²) in [7, 11) is 0. The van der Waals surface area contributed by atoms with Gasteiger partial charge in [-0.2, -0.15) is 0 Å². The molecule has 7 aromatic rings. The van der Waals surface area contributed by atoms with E-state index in [2.05, 4.69) is 83.2 Å². The molecule has 109 heavy (non-hydrogen) atoms. The van der Waals surface area contributed by atoms with E-state index in [1.165, 1.54) is 196 Å². The molecule has 3 saturated carbocycles. The Labute approximate surface area is 664 Å². The average molecular weight is 1530 g/mol. The molecule has 0 amide bonds. The molecular formula is C94H129Cl2N5O8. The van der Waals surface area contributed by atoms with Crippen LogP contribution in [0.4, 0.5) is 28.4 Å². The monoisotopic (exact) mass is 1530 g/mol. The van der Waals surface area contributed by atoms with Crippen LogP contribution in [-0.4, -0.2) is 63.4 Å². The summed E-state index contributed by atoms with van der Waals surface area (Å²) in [6.45, 7) is 17.5. The number of carbonyl (C=O) groups excluding carboxylic acids is 4. The van der Waals surface area contributed by atoms with Gasteiger partial charge in [0.15, 0.2) is 0 Å². The molecule has 0 heterocycles. The lowest BCUT2D eigenvalue weighted by atomic mass is 9.84. The summed E-state index contributed by atoms with van der Waals surface area (Å²) in [5.74, 6) is 1.14. The first kappa shape index (κ1) is 88.2. The Morgan fingerprint density at radius 3 is 1.09 bits per heavy atom. The predicted molar refractivity (Wildman–Crippen MR) is 455 cm³/mol. The first-order valence-electron chi connectivity index (χ1n) is 41.7. The van der Waals surface area contributed by atoms with Crippen LogP contribution in [0.5, 0.6) is 0 Å². The van der Waals surface area contributed by atoms with Crippen LogP contribution in [0.1, 0.15) is 290 Å². The van der Waals surface area contributed by atoms with E-state index in [4.69, 9.17) is 47.9 Å². The van der Waals surface area contributed by atoms with Gasteiger partial charge in [-0.3, -0.25) is 0 Å². The molecule has 0 aliphatic heterocycles. The van der Waals surface area contributed by atoms with E-state index in [-0.39, 0.29) is 23.9 Å². The fraction of sp³-hybridized carbons (Fsp3) is 0.511. The largest absolute Gasteiger partial charge is 0.462 e. The zero-order valence-corrected chi connectivity index (χ0v) is 68.3. The van der Waals surface area contributed by atoms with Gasteiger partial charge < -0.3 is 45.5 Å². The van der Waals surface area contributed by atoms with Crippen molar-refractivity contribution in [2.45, 2.75) is 254 Å². The Morgan fingerprint density at radius 1 is 0.367 bits per heavy atom. The highest BCUT2D eigenvalue weighted by Gasteiger charge is 2.22. The summed E-state index contributed by atoms with van der Waals surface area (Å²) in [4.78, 5) is 50.8. The molecule has 10 rings (SSSR count). The van der Waals surface area contributed by atoms with E-state index >= 15 is 0 Å². The summed E-state index contributed by atoms with van der Waals surface area (Å²) in [5, 5.41) is 12.1. The lowest BCUT2D eigenvalue weighted by molar-refractivity contribution is 0.0517. The van der Waals surface area contributed by atoms with E-state index in [1.54, 1.807) is 6.07 Å². The number of rotatable bonds is 38. The molecule has 0 atom stereocenters. The SMILES string of the molecule is CCCCCCCCN(CCCCCCCC)c1ccc(C(=O)OCC)cc1N.CCOC(=O)c1ccc(CC2CCCCC2)c(NCc2ccc(Cl)cc2)c1.CCOC(=O)c1ccc(CC2CCCCC2)c(NCc2cccc(Cl)c2)c1.CCOC(=O)c1ccc(CC2CCCCC2)c(NCc2ccccc2)c1. The Kier molecular flexibility index (Phi) is 41.7. The van der Waals surface area contributed by atoms with Crippen LogP contribution < -0.4 is 26.6 Å². The van der Waals surface area contributed by atoms with Crippen molar-refractivity contribution < 1.29 is 38.1 Å². The van der Waals surface area contributed by atoms with Crippen LogP contribution >= 0.6 is 23.2 Å². The van der Waals surface area contributed by atoms with E-state index < -0.39 is 0 Å². The maximum atomic E-state index is 12.1. The summed E-state index contributed by atoms with van der Waals surface area (Å²) < 4.78 is 20.6. The Hall–Kier alpha value is -8.00. The van der Waals surface area contributed by atoms with Gasteiger partial charge in [-0.1, -0.05) is 270 Å². The van der Waals surface area contributed by atoms with E-state index in [0.29, 0.717) is 67.5 Å². The molecule has 3 aliphatic carbocycles. The molecule has 3 fully saturated rings. The average Bonchev–Trinajstić information content (AvgIpc) is 0.852. The molecule has 15 heteroatoms. The van der Waals surface area contributed by atoms with Crippen molar-refractivity contribution in [1.82, 2.24) is 0 Å². The van der Waals surface area contributed by atoms with Crippen molar-refractivity contribution >= 4 is 75.5 Å². The highest BCUT2D eigenvalue weighted by atomic mass is 35.5. The number of ether oxygens (including phenoxy) is 4. The zero-order chi connectivity index (χ0) is 77.6. The van der Waals surface area contributed by atoms with Gasteiger partial charge in [0.1, 0.15) is 0 Å². The van der Waals surface area contributed by atoms with Crippen LogP contribution in [0.15, 0.2) is 152 Å². The lowest BCUT2D eigenvalue weighted by Gasteiger charge is -2.26.